The number of likely N-dealkylation sites (N-methyl/N-ethyl adjacent to an activating group) is 1. The number of carbonyl (C=O) groups is 3. The van der Waals surface area contributed by atoms with E-state index in [-0.39, 0.29) is 37.0 Å². The van der Waals surface area contributed by atoms with Crippen LogP contribution < -0.4 is 26.0 Å². The third-order valence-corrected chi connectivity index (χ3v) is 6.74. The maximum atomic E-state index is 13.5. The summed E-state index contributed by atoms with van der Waals surface area (Å²) in [4.78, 5) is 37.6. The van der Waals surface area contributed by atoms with Crippen LogP contribution in [-0.4, -0.2) is 57.1 Å². The van der Waals surface area contributed by atoms with E-state index in [1.54, 1.807) is 20.2 Å². The minimum atomic E-state index is -0.499. The Morgan fingerprint density at radius 1 is 0.860 bits per heavy atom. The Morgan fingerprint density at radius 2 is 1.53 bits per heavy atom. The SMILES string of the molecule is CNC(=O)/C=C/C(Cc1ccccc1)NC(=O)C(CCCNCC(=O)OCc1ccccc1)NCc1ccc(OC)cc1. The number of rotatable bonds is 18. The van der Waals surface area contributed by atoms with Crippen LogP contribution in [0.3, 0.4) is 0 Å². The van der Waals surface area contributed by atoms with Gasteiger partial charge in [0, 0.05) is 19.7 Å². The second-order valence-corrected chi connectivity index (χ2v) is 10.0. The number of benzene rings is 3. The van der Waals surface area contributed by atoms with Gasteiger partial charge < -0.3 is 30.7 Å². The van der Waals surface area contributed by atoms with Gasteiger partial charge in [-0.05, 0) is 54.6 Å². The zero-order valence-corrected chi connectivity index (χ0v) is 24.9. The lowest BCUT2D eigenvalue weighted by Gasteiger charge is -2.22. The summed E-state index contributed by atoms with van der Waals surface area (Å²) in [6.45, 7) is 1.35. The maximum absolute atomic E-state index is 13.5. The van der Waals surface area contributed by atoms with Crippen molar-refractivity contribution in [1.82, 2.24) is 21.3 Å². The molecule has 2 amide bonds. The number of hydrogen-bond donors (Lipinski definition) is 4. The first-order valence-electron chi connectivity index (χ1n) is 14.5. The monoisotopic (exact) mass is 586 g/mol. The van der Waals surface area contributed by atoms with Gasteiger partial charge in [-0.15, -0.1) is 0 Å². The molecule has 0 aliphatic rings. The molecule has 0 spiro atoms. The summed E-state index contributed by atoms with van der Waals surface area (Å²) >= 11 is 0. The van der Waals surface area contributed by atoms with Crippen LogP contribution in [0.5, 0.6) is 5.75 Å². The van der Waals surface area contributed by atoms with E-state index in [4.69, 9.17) is 9.47 Å². The second-order valence-electron chi connectivity index (χ2n) is 10.0. The third kappa shape index (κ3) is 12.9. The van der Waals surface area contributed by atoms with E-state index in [1.807, 2.05) is 84.9 Å². The van der Waals surface area contributed by atoms with E-state index in [1.165, 1.54) is 6.08 Å². The van der Waals surface area contributed by atoms with Crippen molar-refractivity contribution in [2.75, 3.05) is 27.2 Å². The van der Waals surface area contributed by atoms with Gasteiger partial charge in [-0.1, -0.05) is 78.9 Å². The Balaban J connectivity index is 1.57. The molecule has 0 aliphatic carbocycles. The Bertz CT molecular complexity index is 1280. The highest BCUT2D eigenvalue weighted by Gasteiger charge is 2.21. The van der Waals surface area contributed by atoms with Crippen molar-refractivity contribution in [3.8, 4) is 5.75 Å². The predicted molar refractivity (Wildman–Crippen MR) is 167 cm³/mol. The summed E-state index contributed by atoms with van der Waals surface area (Å²) < 4.78 is 10.6. The Morgan fingerprint density at radius 3 is 2.19 bits per heavy atom. The van der Waals surface area contributed by atoms with E-state index in [9.17, 15) is 14.4 Å². The fourth-order valence-corrected chi connectivity index (χ4v) is 4.33. The van der Waals surface area contributed by atoms with Crippen molar-refractivity contribution in [1.29, 1.82) is 0 Å². The van der Waals surface area contributed by atoms with Gasteiger partial charge in [0.05, 0.1) is 25.7 Å². The van der Waals surface area contributed by atoms with E-state index in [0.29, 0.717) is 32.4 Å². The van der Waals surface area contributed by atoms with Crippen molar-refractivity contribution in [2.45, 2.75) is 44.5 Å². The van der Waals surface area contributed by atoms with Crippen LogP contribution in [0, 0.1) is 0 Å². The molecule has 9 nitrogen and oxygen atoms in total. The molecule has 0 aromatic heterocycles. The molecule has 0 bridgehead atoms. The molecule has 43 heavy (non-hydrogen) atoms. The number of carbonyl (C=O) groups excluding carboxylic acids is 3. The second kappa shape index (κ2) is 18.9. The van der Waals surface area contributed by atoms with Gasteiger partial charge in [-0.3, -0.25) is 14.4 Å². The average molecular weight is 587 g/mol. The van der Waals surface area contributed by atoms with Crippen molar-refractivity contribution < 1.29 is 23.9 Å². The zero-order valence-electron chi connectivity index (χ0n) is 24.9. The number of hydrogen-bond acceptors (Lipinski definition) is 7. The molecule has 2 unspecified atom stereocenters. The molecular formula is C34H42N4O5. The topological polar surface area (TPSA) is 118 Å². The first-order valence-corrected chi connectivity index (χ1v) is 14.5. The van der Waals surface area contributed by atoms with Gasteiger partial charge in [0.2, 0.25) is 11.8 Å². The number of esters is 1. The molecule has 0 heterocycles. The molecule has 9 heteroatoms. The quantitative estimate of drug-likeness (QED) is 0.103. The average Bonchev–Trinajstić information content (AvgIpc) is 3.04. The maximum Gasteiger partial charge on any atom is 0.320 e. The van der Waals surface area contributed by atoms with Crippen molar-refractivity contribution in [3.63, 3.8) is 0 Å². The van der Waals surface area contributed by atoms with E-state index in [2.05, 4.69) is 21.3 Å². The van der Waals surface area contributed by atoms with Crippen LogP contribution >= 0.6 is 0 Å². The van der Waals surface area contributed by atoms with Crippen LogP contribution in [0.25, 0.3) is 0 Å². The summed E-state index contributed by atoms with van der Waals surface area (Å²) in [5, 5.41) is 12.2. The molecule has 2 atom stereocenters. The summed E-state index contributed by atoms with van der Waals surface area (Å²) in [6.07, 6.45) is 4.88. The highest BCUT2D eigenvalue weighted by Crippen LogP contribution is 2.12. The molecule has 228 valence electrons. The van der Waals surface area contributed by atoms with Crippen molar-refractivity contribution in [2.24, 2.45) is 0 Å². The predicted octanol–water partition coefficient (Wildman–Crippen LogP) is 3.30. The van der Waals surface area contributed by atoms with Gasteiger partial charge in [-0.25, -0.2) is 0 Å². The van der Waals surface area contributed by atoms with Crippen molar-refractivity contribution in [3.05, 3.63) is 114 Å². The van der Waals surface area contributed by atoms with Gasteiger partial charge in [-0.2, -0.15) is 0 Å². The van der Waals surface area contributed by atoms with Crippen LogP contribution in [0.1, 0.15) is 29.5 Å². The molecule has 3 aromatic rings. The van der Waals surface area contributed by atoms with Crippen LogP contribution in [0.2, 0.25) is 0 Å². The third-order valence-electron chi connectivity index (χ3n) is 6.74. The first kappa shape index (κ1) is 33.0. The van der Waals surface area contributed by atoms with Gasteiger partial charge in [0.15, 0.2) is 0 Å². The van der Waals surface area contributed by atoms with Crippen LogP contribution in [-0.2, 0) is 38.7 Å². The molecule has 3 aromatic carbocycles. The number of ether oxygens (including phenoxy) is 2. The molecule has 4 N–H and O–H groups in total. The Kier molecular flexibility index (Phi) is 14.5. The largest absolute Gasteiger partial charge is 0.497 e. The fraction of sp³-hybridized carbons (Fsp3) is 0.324. The summed E-state index contributed by atoms with van der Waals surface area (Å²) in [7, 11) is 3.18. The van der Waals surface area contributed by atoms with Gasteiger partial charge >= 0.3 is 5.97 Å². The highest BCUT2D eigenvalue weighted by atomic mass is 16.5. The zero-order chi connectivity index (χ0) is 30.7. The summed E-state index contributed by atoms with van der Waals surface area (Å²) in [5.41, 5.74) is 2.99. The molecule has 0 saturated carbocycles. The smallest absolute Gasteiger partial charge is 0.320 e. The molecule has 3 rings (SSSR count). The molecule has 0 fully saturated rings. The lowest BCUT2D eigenvalue weighted by atomic mass is 10.0. The molecule has 0 radical (unpaired) electrons. The first-order chi connectivity index (χ1) is 21.0. The summed E-state index contributed by atoms with van der Waals surface area (Å²) in [5.74, 6) is 0.0219. The highest BCUT2D eigenvalue weighted by molar-refractivity contribution is 5.87. The van der Waals surface area contributed by atoms with Crippen molar-refractivity contribution >= 4 is 17.8 Å². The lowest BCUT2D eigenvalue weighted by Crippen LogP contribution is -2.48. The minimum absolute atomic E-state index is 0.0897. The molecule has 0 aliphatic heterocycles. The summed E-state index contributed by atoms with van der Waals surface area (Å²) in [6, 6.07) is 26.1. The lowest BCUT2D eigenvalue weighted by molar-refractivity contribution is -0.143. The van der Waals surface area contributed by atoms with Crippen LogP contribution in [0.15, 0.2) is 97.1 Å². The number of nitrogens with one attached hydrogen (secondary N) is 4. The normalized spacial score (nSPS) is 12.3. The number of methoxy groups -OCH3 is 1. The fourth-order valence-electron chi connectivity index (χ4n) is 4.33. The number of amides is 2. The van der Waals surface area contributed by atoms with Gasteiger partial charge in [0.25, 0.3) is 0 Å². The van der Waals surface area contributed by atoms with E-state index >= 15 is 0 Å². The molecule has 0 saturated heterocycles. The van der Waals surface area contributed by atoms with Gasteiger partial charge in [0.1, 0.15) is 12.4 Å². The van der Waals surface area contributed by atoms with E-state index in [0.717, 1.165) is 22.4 Å². The van der Waals surface area contributed by atoms with Crippen LogP contribution in [0.4, 0.5) is 0 Å². The molecular weight excluding hydrogens is 544 g/mol. The minimum Gasteiger partial charge on any atom is -0.497 e. The Labute approximate surface area is 254 Å². The Hall–Kier alpha value is -4.47. The standard InChI is InChI=1S/C34H42N4O5/c1-35-32(39)20-17-29(22-26-10-5-3-6-11-26)38-34(41)31(37-23-27-15-18-30(42-2)19-16-27)14-9-21-36-24-33(40)43-25-28-12-7-4-8-13-28/h3-8,10-13,15-20,29,31,36-37H,9,14,21-25H2,1-2H3,(H,35,39)(H,38,41)/b20-17+. The van der Waals surface area contributed by atoms with E-state index < -0.39 is 6.04 Å².